The molecule has 0 radical (unpaired) electrons. The summed E-state index contributed by atoms with van der Waals surface area (Å²) >= 11 is 1.55. The van der Waals surface area contributed by atoms with E-state index in [2.05, 4.69) is 4.72 Å². The molecule has 0 amide bonds. The molecule has 0 aliphatic rings. The van der Waals surface area contributed by atoms with Crippen LogP contribution in [0.3, 0.4) is 0 Å². The van der Waals surface area contributed by atoms with E-state index in [9.17, 15) is 12.8 Å². The zero-order chi connectivity index (χ0) is 15.6. The van der Waals surface area contributed by atoms with Gasteiger partial charge in [0.25, 0.3) is 0 Å². The Bertz CT molecular complexity index is 728. The molecular weight excluding hydrogens is 311 g/mol. The van der Waals surface area contributed by atoms with Gasteiger partial charge in [-0.3, -0.25) is 0 Å². The Kier molecular flexibility index (Phi) is 4.65. The van der Waals surface area contributed by atoms with Crippen molar-refractivity contribution in [2.75, 3.05) is 5.73 Å². The minimum absolute atomic E-state index is 0.209. The average Bonchev–Trinajstić information content (AvgIpc) is 2.85. The normalized spacial score (nSPS) is 13.3. The molecule has 0 aliphatic heterocycles. The van der Waals surface area contributed by atoms with Gasteiger partial charge < -0.3 is 5.73 Å². The van der Waals surface area contributed by atoms with Crippen LogP contribution < -0.4 is 10.5 Å². The number of aryl methyl sites for hydroxylation is 1. The topological polar surface area (TPSA) is 72.2 Å². The van der Waals surface area contributed by atoms with Crippen molar-refractivity contribution in [3.05, 3.63) is 45.9 Å². The summed E-state index contributed by atoms with van der Waals surface area (Å²) in [6.45, 7) is 3.23. The quantitative estimate of drug-likeness (QED) is 0.829. The molecule has 7 heteroatoms. The van der Waals surface area contributed by atoms with Crippen LogP contribution in [0.15, 0.2) is 33.9 Å². The standard InChI is InChI=1S/C14H17FN2O2S2/c1-9-5-12(16)7-13(14(9)15)21(18,19)17-10(2)6-11-3-4-20-8-11/h3-5,7-8,10,17H,6,16H2,1-2H3. The number of rotatable bonds is 5. The molecule has 2 rings (SSSR count). The minimum atomic E-state index is -3.94. The molecule has 1 heterocycles. The van der Waals surface area contributed by atoms with Crippen LogP contribution in [0.1, 0.15) is 18.1 Å². The van der Waals surface area contributed by atoms with Crippen molar-refractivity contribution in [2.45, 2.75) is 31.2 Å². The largest absolute Gasteiger partial charge is 0.399 e. The number of hydrogen-bond acceptors (Lipinski definition) is 4. The number of sulfonamides is 1. The maximum absolute atomic E-state index is 14.0. The van der Waals surface area contributed by atoms with Crippen LogP contribution >= 0.6 is 11.3 Å². The molecule has 0 spiro atoms. The summed E-state index contributed by atoms with van der Waals surface area (Å²) in [4.78, 5) is -0.405. The lowest BCUT2D eigenvalue weighted by Crippen LogP contribution is -2.34. The number of hydrogen-bond donors (Lipinski definition) is 2. The highest BCUT2D eigenvalue weighted by Crippen LogP contribution is 2.22. The maximum Gasteiger partial charge on any atom is 0.243 e. The molecule has 0 fully saturated rings. The van der Waals surface area contributed by atoms with Crippen LogP contribution in [0.2, 0.25) is 0 Å². The Balaban J connectivity index is 2.22. The van der Waals surface area contributed by atoms with Gasteiger partial charge in [0, 0.05) is 11.7 Å². The third-order valence-corrected chi connectivity index (χ3v) is 5.33. The summed E-state index contributed by atoms with van der Waals surface area (Å²) in [6, 6.07) is 4.14. The second-order valence-electron chi connectivity index (χ2n) is 5.01. The molecule has 0 bridgehead atoms. The summed E-state index contributed by atoms with van der Waals surface area (Å²) in [5.74, 6) is -0.764. The van der Waals surface area contributed by atoms with E-state index in [1.54, 1.807) is 18.3 Å². The lowest BCUT2D eigenvalue weighted by atomic mass is 10.1. The highest BCUT2D eigenvalue weighted by atomic mass is 32.2. The third kappa shape index (κ3) is 3.81. The summed E-state index contributed by atoms with van der Waals surface area (Å²) in [5.41, 5.74) is 7.08. The van der Waals surface area contributed by atoms with Gasteiger partial charge in [-0.1, -0.05) is 0 Å². The second kappa shape index (κ2) is 6.13. The molecule has 3 N–H and O–H groups in total. The van der Waals surface area contributed by atoms with E-state index in [1.165, 1.54) is 13.0 Å². The van der Waals surface area contributed by atoms with E-state index >= 15 is 0 Å². The fourth-order valence-electron chi connectivity index (χ4n) is 2.09. The molecule has 1 aromatic carbocycles. The first-order valence-corrected chi connectivity index (χ1v) is 8.81. The number of nitrogen functional groups attached to an aromatic ring is 1. The lowest BCUT2D eigenvalue weighted by molar-refractivity contribution is 0.540. The zero-order valence-electron chi connectivity index (χ0n) is 11.8. The van der Waals surface area contributed by atoms with Crippen molar-refractivity contribution in [3.63, 3.8) is 0 Å². The van der Waals surface area contributed by atoms with E-state index in [-0.39, 0.29) is 17.3 Å². The van der Waals surface area contributed by atoms with Gasteiger partial charge in [-0.05, 0) is 60.4 Å². The van der Waals surface area contributed by atoms with Crippen LogP contribution in [-0.4, -0.2) is 14.5 Å². The number of nitrogens with one attached hydrogen (secondary N) is 1. The van der Waals surface area contributed by atoms with Gasteiger partial charge in [-0.2, -0.15) is 11.3 Å². The minimum Gasteiger partial charge on any atom is -0.399 e. The fourth-order valence-corrected chi connectivity index (χ4v) is 4.20. The lowest BCUT2D eigenvalue weighted by Gasteiger charge is -2.15. The SMILES string of the molecule is Cc1cc(N)cc(S(=O)(=O)NC(C)Cc2ccsc2)c1F. The summed E-state index contributed by atoms with van der Waals surface area (Å²) in [5, 5.41) is 3.88. The maximum atomic E-state index is 14.0. The van der Waals surface area contributed by atoms with Crippen LogP contribution in [-0.2, 0) is 16.4 Å². The molecule has 0 saturated heterocycles. The molecular formula is C14H17FN2O2S2. The van der Waals surface area contributed by atoms with Gasteiger partial charge in [0.1, 0.15) is 10.7 Å². The number of nitrogens with two attached hydrogens (primary N) is 1. The summed E-state index contributed by atoms with van der Waals surface area (Å²) < 4.78 is 41.1. The van der Waals surface area contributed by atoms with Gasteiger partial charge in [0.05, 0.1) is 0 Å². The van der Waals surface area contributed by atoms with E-state index < -0.39 is 20.7 Å². The van der Waals surface area contributed by atoms with Crippen molar-refractivity contribution in [1.82, 2.24) is 4.72 Å². The monoisotopic (exact) mass is 328 g/mol. The number of anilines is 1. The summed E-state index contributed by atoms with van der Waals surface area (Å²) in [6.07, 6.45) is 0.547. The first kappa shape index (κ1) is 15.9. The highest BCUT2D eigenvalue weighted by Gasteiger charge is 2.23. The van der Waals surface area contributed by atoms with Crippen LogP contribution in [0, 0.1) is 12.7 Å². The van der Waals surface area contributed by atoms with Crippen molar-refractivity contribution in [2.24, 2.45) is 0 Å². The van der Waals surface area contributed by atoms with Crippen molar-refractivity contribution >= 4 is 27.0 Å². The van der Waals surface area contributed by atoms with E-state index in [0.29, 0.717) is 6.42 Å². The Morgan fingerprint density at radius 3 is 2.76 bits per heavy atom. The third-order valence-electron chi connectivity index (χ3n) is 3.01. The van der Waals surface area contributed by atoms with Gasteiger partial charge in [-0.15, -0.1) is 0 Å². The molecule has 4 nitrogen and oxygen atoms in total. The van der Waals surface area contributed by atoms with Gasteiger partial charge >= 0.3 is 0 Å². The molecule has 21 heavy (non-hydrogen) atoms. The Labute approximate surface area is 127 Å². The van der Waals surface area contributed by atoms with Crippen molar-refractivity contribution in [1.29, 1.82) is 0 Å². The first-order chi connectivity index (χ1) is 9.79. The van der Waals surface area contributed by atoms with E-state index in [1.807, 2.05) is 16.8 Å². The molecule has 1 unspecified atom stereocenters. The van der Waals surface area contributed by atoms with E-state index in [0.717, 1.165) is 11.6 Å². The molecule has 0 saturated carbocycles. The van der Waals surface area contributed by atoms with Crippen LogP contribution in [0.25, 0.3) is 0 Å². The van der Waals surface area contributed by atoms with Gasteiger partial charge in [0.2, 0.25) is 10.0 Å². The van der Waals surface area contributed by atoms with Crippen LogP contribution in [0.4, 0.5) is 10.1 Å². The molecule has 1 aromatic heterocycles. The zero-order valence-corrected chi connectivity index (χ0v) is 13.4. The first-order valence-electron chi connectivity index (χ1n) is 6.38. The molecule has 2 aromatic rings. The Morgan fingerprint density at radius 2 is 2.14 bits per heavy atom. The predicted octanol–water partition coefficient (Wildman–Crippen LogP) is 2.69. The van der Waals surface area contributed by atoms with Crippen LogP contribution in [0.5, 0.6) is 0 Å². The number of halogens is 1. The van der Waals surface area contributed by atoms with Gasteiger partial charge in [0.15, 0.2) is 0 Å². The predicted molar refractivity (Wildman–Crippen MR) is 83.4 cm³/mol. The average molecular weight is 328 g/mol. The molecule has 0 aliphatic carbocycles. The van der Waals surface area contributed by atoms with Crippen molar-refractivity contribution in [3.8, 4) is 0 Å². The fraction of sp³-hybridized carbons (Fsp3) is 0.286. The van der Waals surface area contributed by atoms with Gasteiger partial charge in [-0.25, -0.2) is 17.5 Å². The smallest absolute Gasteiger partial charge is 0.243 e. The second-order valence-corrected chi connectivity index (χ2v) is 7.47. The highest BCUT2D eigenvalue weighted by molar-refractivity contribution is 7.89. The van der Waals surface area contributed by atoms with E-state index in [4.69, 9.17) is 5.73 Å². The molecule has 114 valence electrons. The Morgan fingerprint density at radius 1 is 1.43 bits per heavy atom. The number of thiophene rings is 1. The molecule has 1 atom stereocenters. The summed E-state index contributed by atoms with van der Waals surface area (Å²) in [7, 11) is -3.94. The van der Waals surface area contributed by atoms with Crippen molar-refractivity contribution < 1.29 is 12.8 Å². The number of benzene rings is 1. The Hall–Kier alpha value is -1.44.